The van der Waals surface area contributed by atoms with Gasteiger partial charge in [0.25, 0.3) is 12.0 Å². The van der Waals surface area contributed by atoms with Gasteiger partial charge in [-0.2, -0.15) is 10.0 Å². The second-order valence-corrected chi connectivity index (χ2v) is 6.86. The Hall–Kier alpha value is -3.68. The SMILES string of the molecule is CC(=O)N1N=C(c2ccccc2)O[C@@H]1[C@]1(C)OC(c2ccccc2)=NN1C(C)=O. The number of carbonyl (C=O) groups is 2. The molecule has 0 spiro atoms. The second kappa shape index (κ2) is 7.05. The molecule has 0 unspecified atom stereocenters. The molecule has 2 aromatic rings. The minimum Gasteiger partial charge on any atom is -0.443 e. The highest BCUT2D eigenvalue weighted by molar-refractivity contribution is 5.98. The van der Waals surface area contributed by atoms with Crippen LogP contribution in [0.1, 0.15) is 31.9 Å². The molecule has 4 rings (SSSR count). The molecule has 0 radical (unpaired) electrons. The Balaban J connectivity index is 1.70. The molecule has 0 aromatic heterocycles. The summed E-state index contributed by atoms with van der Waals surface area (Å²) in [4.78, 5) is 24.7. The molecule has 0 bridgehead atoms. The number of amides is 2. The first-order valence-corrected chi connectivity index (χ1v) is 9.14. The van der Waals surface area contributed by atoms with Crippen LogP contribution in [0.3, 0.4) is 0 Å². The van der Waals surface area contributed by atoms with E-state index in [9.17, 15) is 9.59 Å². The molecule has 0 N–H and O–H groups in total. The second-order valence-electron chi connectivity index (χ2n) is 6.86. The minimum absolute atomic E-state index is 0.267. The molecule has 2 aliphatic rings. The molecule has 0 aliphatic carbocycles. The Morgan fingerprint density at radius 1 is 0.862 bits per heavy atom. The topological polar surface area (TPSA) is 83.8 Å². The van der Waals surface area contributed by atoms with Crippen LogP contribution in [-0.4, -0.2) is 45.6 Å². The van der Waals surface area contributed by atoms with Crippen LogP contribution in [0.2, 0.25) is 0 Å². The van der Waals surface area contributed by atoms with Crippen LogP contribution in [0.5, 0.6) is 0 Å². The van der Waals surface area contributed by atoms with E-state index < -0.39 is 12.0 Å². The highest BCUT2D eigenvalue weighted by Crippen LogP contribution is 2.36. The van der Waals surface area contributed by atoms with Crippen molar-refractivity contribution in [1.29, 1.82) is 0 Å². The number of hydrogen-bond donors (Lipinski definition) is 0. The number of hydrogen-bond acceptors (Lipinski definition) is 6. The highest BCUT2D eigenvalue weighted by Gasteiger charge is 2.57. The van der Waals surface area contributed by atoms with Gasteiger partial charge < -0.3 is 9.47 Å². The van der Waals surface area contributed by atoms with Gasteiger partial charge in [-0.3, -0.25) is 9.59 Å². The van der Waals surface area contributed by atoms with Crippen LogP contribution < -0.4 is 0 Å². The molecule has 0 saturated heterocycles. The Bertz CT molecular complexity index is 1010. The van der Waals surface area contributed by atoms with E-state index in [2.05, 4.69) is 10.2 Å². The van der Waals surface area contributed by atoms with Gasteiger partial charge in [-0.25, -0.2) is 0 Å². The van der Waals surface area contributed by atoms with E-state index >= 15 is 0 Å². The summed E-state index contributed by atoms with van der Waals surface area (Å²) in [5.41, 5.74) is 0.0170. The van der Waals surface area contributed by atoms with Crippen molar-refractivity contribution in [1.82, 2.24) is 10.0 Å². The van der Waals surface area contributed by atoms with Crippen molar-refractivity contribution >= 4 is 23.6 Å². The lowest BCUT2D eigenvalue weighted by atomic mass is 10.1. The fourth-order valence-corrected chi connectivity index (χ4v) is 3.29. The largest absolute Gasteiger partial charge is 0.443 e. The summed E-state index contributed by atoms with van der Waals surface area (Å²) in [6, 6.07) is 18.4. The molecule has 29 heavy (non-hydrogen) atoms. The van der Waals surface area contributed by atoms with Crippen LogP contribution in [0, 0.1) is 0 Å². The van der Waals surface area contributed by atoms with E-state index in [1.54, 1.807) is 6.92 Å². The molecule has 2 aromatic carbocycles. The van der Waals surface area contributed by atoms with Crippen molar-refractivity contribution in [3.63, 3.8) is 0 Å². The van der Waals surface area contributed by atoms with E-state index in [1.165, 1.54) is 23.9 Å². The third-order valence-electron chi connectivity index (χ3n) is 4.68. The molecule has 148 valence electrons. The van der Waals surface area contributed by atoms with Crippen LogP contribution in [0.4, 0.5) is 0 Å². The van der Waals surface area contributed by atoms with Gasteiger partial charge >= 0.3 is 0 Å². The molecule has 2 atom stereocenters. The minimum atomic E-state index is -1.40. The summed E-state index contributed by atoms with van der Waals surface area (Å²) in [5.74, 6) is -0.156. The van der Waals surface area contributed by atoms with Crippen LogP contribution in [0.25, 0.3) is 0 Å². The molecular weight excluding hydrogens is 372 g/mol. The summed E-state index contributed by atoms with van der Waals surface area (Å²) in [7, 11) is 0. The molecular formula is C21H20N4O4. The zero-order valence-electron chi connectivity index (χ0n) is 16.3. The van der Waals surface area contributed by atoms with Gasteiger partial charge in [0, 0.05) is 31.9 Å². The number of hydrazone groups is 2. The van der Waals surface area contributed by atoms with Crippen molar-refractivity contribution in [3.8, 4) is 0 Å². The van der Waals surface area contributed by atoms with Gasteiger partial charge in [0.2, 0.25) is 23.6 Å². The fraction of sp³-hybridized carbons (Fsp3) is 0.238. The number of benzene rings is 2. The van der Waals surface area contributed by atoms with E-state index in [-0.39, 0.29) is 23.6 Å². The number of ether oxygens (including phenoxy) is 2. The number of nitrogens with zero attached hydrogens (tertiary/aromatic N) is 4. The lowest BCUT2D eigenvalue weighted by molar-refractivity contribution is -0.187. The van der Waals surface area contributed by atoms with Crippen molar-refractivity contribution in [2.45, 2.75) is 32.7 Å². The van der Waals surface area contributed by atoms with Crippen molar-refractivity contribution in [2.24, 2.45) is 10.2 Å². The molecule has 8 nitrogen and oxygen atoms in total. The maximum atomic E-state index is 12.4. The first kappa shape index (κ1) is 18.7. The predicted octanol–water partition coefficient (Wildman–Crippen LogP) is 2.51. The van der Waals surface area contributed by atoms with Gasteiger partial charge in [-0.1, -0.05) is 36.4 Å². The van der Waals surface area contributed by atoms with E-state index in [0.717, 1.165) is 0 Å². The molecule has 2 amide bonds. The van der Waals surface area contributed by atoms with Crippen molar-refractivity contribution in [2.75, 3.05) is 0 Å². The van der Waals surface area contributed by atoms with Gasteiger partial charge in [0.15, 0.2) is 0 Å². The first-order valence-electron chi connectivity index (χ1n) is 9.14. The third kappa shape index (κ3) is 3.22. The maximum absolute atomic E-state index is 12.4. The number of carbonyl (C=O) groups excluding carboxylic acids is 2. The van der Waals surface area contributed by atoms with Crippen molar-refractivity contribution < 1.29 is 19.1 Å². The smallest absolute Gasteiger partial charge is 0.261 e. The molecule has 0 saturated carbocycles. The van der Waals surface area contributed by atoms with E-state index in [1.807, 2.05) is 60.7 Å². The van der Waals surface area contributed by atoms with E-state index in [4.69, 9.17) is 9.47 Å². The lowest BCUT2D eigenvalue weighted by Crippen LogP contribution is -2.59. The highest BCUT2D eigenvalue weighted by atomic mass is 16.6. The third-order valence-corrected chi connectivity index (χ3v) is 4.68. The normalized spacial score (nSPS) is 23.2. The summed E-state index contributed by atoms with van der Waals surface area (Å²) >= 11 is 0. The molecule has 2 heterocycles. The average molecular weight is 392 g/mol. The molecule has 8 heteroatoms. The van der Waals surface area contributed by atoms with Crippen LogP contribution in [-0.2, 0) is 19.1 Å². The Kier molecular flexibility index (Phi) is 4.54. The summed E-state index contributed by atoms with van der Waals surface area (Å²) < 4.78 is 12.2. The lowest BCUT2D eigenvalue weighted by Gasteiger charge is -2.37. The summed E-state index contributed by atoms with van der Waals surface area (Å²) in [5, 5.41) is 11.1. The predicted molar refractivity (Wildman–Crippen MR) is 105 cm³/mol. The zero-order chi connectivity index (χ0) is 20.6. The van der Waals surface area contributed by atoms with Gasteiger partial charge in [-0.05, 0) is 24.3 Å². The van der Waals surface area contributed by atoms with E-state index in [0.29, 0.717) is 11.1 Å². The van der Waals surface area contributed by atoms with Crippen LogP contribution in [0.15, 0.2) is 70.9 Å². The fourth-order valence-electron chi connectivity index (χ4n) is 3.29. The standard InChI is InChI=1S/C21H20N4O4/c1-14(26)24-20(28-18(22-24)16-10-6-4-7-11-16)21(3)25(15(2)27)23-19(29-21)17-12-8-5-9-13-17/h4-13,20H,1-3H3/t20-,21+/m1/s1. The van der Waals surface area contributed by atoms with Gasteiger partial charge in [-0.15, -0.1) is 10.2 Å². The summed E-state index contributed by atoms with van der Waals surface area (Å²) in [6.07, 6.45) is -1.01. The van der Waals surface area contributed by atoms with Gasteiger partial charge in [0.1, 0.15) is 0 Å². The Morgan fingerprint density at radius 3 is 1.93 bits per heavy atom. The van der Waals surface area contributed by atoms with Gasteiger partial charge in [0.05, 0.1) is 0 Å². The van der Waals surface area contributed by atoms with Crippen molar-refractivity contribution in [3.05, 3.63) is 71.8 Å². The van der Waals surface area contributed by atoms with Crippen LogP contribution >= 0.6 is 0 Å². The zero-order valence-corrected chi connectivity index (χ0v) is 16.3. The maximum Gasteiger partial charge on any atom is 0.261 e. The monoisotopic (exact) mass is 392 g/mol. The Morgan fingerprint density at radius 2 is 1.41 bits per heavy atom. The first-order chi connectivity index (χ1) is 13.9. The average Bonchev–Trinajstić information content (AvgIpc) is 3.32. The quantitative estimate of drug-likeness (QED) is 0.804. The number of rotatable bonds is 3. The summed E-state index contributed by atoms with van der Waals surface area (Å²) in [6.45, 7) is 4.41. The molecule has 0 fully saturated rings. The Labute approximate surface area is 168 Å². The molecule has 2 aliphatic heterocycles.